The summed E-state index contributed by atoms with van der Waals surface area (Å²) < 4.78 is 0. The Kier molecular flexibility index (Phi) is 10.3. The summed E-state index contributed by atoms with van der Waals surface area (Å²) >= 11 is 1.30. The first-order chi connectivity index (χ1) is 17.6. The molecule has 0 bridgehead atoms. The maximum Gasteiger partial charge on any atom is 0.270 e. The number of carbonyl (C=O) groups excluding carboxylic acids is 3. The number of hydrogen-bond acceptors (Lipinski definition) is 7. The molecule has 0 aliphatic carbocycles. The van der Waals surface area contributed by atoms with Gasteiger partial charge in [-0.25, -0.2) is 0 Å². The van der Waals surface area contributed by atoms with E-state index in [-0.39, 0.29) is 23.4 Å². The Hall–Kier alpha value is -2.72. The van der Waals surface area contributed by atoms with Crippen LogP contribution in [0.2, 0.25) is 0 Å². The second-order valence-corrected chi connectivity index (χ2v) is 11.4. The molecule has 0 unspecified atom stereocenters. The average Bonchev–Trinajstić information content (AvgIpc) is 3.52. The van der Waals surface area contributed by atoms with Gasteiger partial charge in [-0.05, 0) is 84.3 Å². The van der Waals surface area contributed by atoms with E-state index in [0.29, 0.717) is 30.2 Å². The van der Waals surface area contributed by atoms with Crippen LogP contribution in [0.4, 0.5) is 5.69 Å². The van der Waals surface area contributed by atoms with E-state index >= 15 is 0 Å². The molecular formula is C27H42N6O3S. The van der Waals surface area contributed by atoms with Crippen LogP contribution in [0, 0.1) is 0 Å². The van der Waals surface area contributed by atoms with Gasteiger partial charge in [0.2, 0.25) is 5.91 Å². The second-order valence-electron chi connectivity index (χ2n) is 10.2. The molecule has 2 fully saturated rings. The largest absolute Gasteiger partial charge is 0.392 e. The zero-order chi connectivity index (χ0) is 27.0. The van der Waals surface area contributed by atoms with Crippen LogP contribution in [0.1, 0.15) is 63.7 Å². The number of nitrogens with one attached hydrogen (secondary N) is 3. The molecule has 1 aromatic carbocycles. The molecule has 9 nitrogen and oxygen atoms in total. The summed E-state index contributed by atoms with van der Waals surface area (Å²) in [6, 6.07) is 7.28. The molecule has 2 aliphatic heterocycles. The lowest BCUT2D eigenvalue weighted by atomic mass is 10.0. The highest BCUT2D eigenvalue weighted by Crippen LogP contribution is 2.36. The highest BCUT2D eigenvalue weighted by molar-refractivity contribution is 8.04. The average molecular weight is 531 g/mol. The van der Waals surface area contributed by atoms with Crippen molar-refractivity contribution in [2.45, 2.75) is 64.2 Å². The number of benzene rings is 1. The summed E-state index contributed by atoms with van der Waals surface area (Å²) in [5.74, 6) is -0.562. The van der Waals surface area contributed by atoms with Gasteiger partial charge in [0, 0.05) is 36.4 Å². The molecule has 0 spiro atoms. The Morgan fingerprint density at radius 2 is 1.92 bits per heavy atom. The molecule has 1 atom stereocenters. The Labute approximate surface area is 225 Å². The van der Waals surface area contributed by atoms with Crippen LogP contribution in [0.5, 0.6) is 0 Å². The summed E-state index contributed by atoms with van der Waals surface area (Å²) in [6.45, 7) is 12.5. The van der Waals surface area contributed by atoms with Crippen molar-refractivity contribution >= 4 is 35.2 Å². The number of hydrogen-bond donors (Lipinski definition) is 4. The predicted octanol–water partition coefficient (Wildman–Crippen LogP) is 2.71. The summed E-state index contributed by atoms with van der Waals surface area (Å²) in [5.41, 5.74) is 7.21. The Balaban J connectivity index is 1.56. The van der Waals surface area contributed by atoms with E-state index in [1.807, 2.05) is 39.8 Å². The first-order valence-corrected chi connectivity index (χ1v) is 14.2. The molecule has 2 heterocycles. The monoisotopic (exact) mass is 530 g/mol. The summed E-state index contributed by atoms with van der Waals surface area (Å²) in [4.78, 5) is 42.4. The minimum Gasteiger partial charge on any atom is -0.392 e. The van der Waals surface area contributed by atoms with Gasteiger partial charge in [-0.2, -0.15) is 0 Å². The van der Waals surface area contributed by atoms with Crippen LogP contribution in [-0.4, -0.2) is 77.6 Å². The quantitative estimate of drug-likeness (QED) is 0.242. The van der Waals surface area contributed by atoms with Crippen LogP contribution >= 0.6 is 11.8 Å². The van der Waals surface area contributed by atoms with E-state index in [0.717, 1.165) is 38.2 Å². The van der Waals surface area contributed by atoms with Gasteiger partial charge in [0.1, 0.15) is 16.0 Å². The number of likely N-dealkylation sites (tertiary alicyclic amines) is 1. The number of amides is 3. The minimum absolute atomic E-state index is 0.0626. The van der Waals surface area contributed by atoms with E-state index in [1.165, 1.54) is 24.6 Å². The van der Waals surface area contributed by atoms with E-state index in [4.69, 9.17) is 5.73 Å². The molecule has 0 saturated carbocycles. The van der Waals surface area contributed by atoms with Gasteiger partial charge in [-0.1, -0.05) is 24.8 Å². The van der Waals surface area contributed by atoms with Crippen molar-refractivity contribution in [2.24, 2.45) is 5.73 Å². The normalized spacial score (nSPS) is 19.7. The van der Waals surface area contributed by atoms with E-state index in [2.05, 4.69) is 20.9 Å². The third-order valence-corrected chi connectivity index (χ3v) is 8.24. The molecule has 2 saturated heterocycles. The summed E-state index contributed by atoms with van der Waals surface area (Å²) in [6.07, 6.45) is 4.23. The predicted molar refractivity (Wildman–Crippen MR) is 150 cm³/mol. The number of nitrogens with zero attached hydrogens (tertiary/aromatic N) is 2. The highest BCUT2D eigenvalue weighted by atomic mass is 32.2. The highest BCUT2D eigenvalue weighted by Gasteiger charge is 2.38. The smallest absolute Gasteiger partial charge is 0.270 e. The molecule has 5 N–H and O–H groups in total. The SMILES string of the molecule is CCN1C(=O)[C@@H](CNc2cccc(C(=O)NCCCN3CCCC3)c2)S/C1=C(/N)C(=O)NC(C)(C)CC. The van der Waals surface area contributed by atoms with Crippen molar-refractivity contribution in [1.82, 2.24) is 20.4 Å². The molecule has 204 valence electrons. The summed E-state index contributed by atoms with van der Waals surface area (Å²) in [5, 5.41) is 9.28. The fourth-order valence-electron chi connectivity index (χ4n) is 4.31. The maximum absolute atomic E-state index is 13.0. The molecule has 37 heavy (non-hydrogen) atoms. The third kappa shape index (κ3) is 7.88. The Bertz CT molecular complexity index is 1010. The minimum atomic E-state index is -0.427. The van der Waals surface area contributed by atoms with Crippen molar-refractivity contribution in [3.05, 3.63) is 40.6 Å². The third-order valence-electron chi connectivity index (χ3n) is 6.92. The van der Waals surface area contributed by atoms with Crippen LogP contribution in [0.25, 0.3) is 0 Å². The van der Waals surface area contributed by atoms with Crippen LogP contribution in [0.3, 0.4) is 0 Å². The van der Waals surface area contributed by atoms with Gasteiger partial charge < -0.3 is 31.5 Å². The van der Waals surface area contributed by atoms with E-state index in [1.54, 1.807) is 17.0 Å². The van der Waals surface area contributed by atoms with E-state index < -0.39 is 10.8 Å². The molecule has 3 amide bonds. The van der Waals surface area contributed by atoms with Crippen molar-refractivity contribution in [1.29, 1.82) is 0 Å². The number of anilines is 1. The van der Waals surface area contributed by atoms with Crippen molar-refractivity contribution in [3.63, 3.8) is 0 Å². The molecular weight excluding hydrogens is 488 g/mol. The van der Waals surface area contributed by atoms with Gasteiger partial charge in [0.15, 0.2) is 0 Å². The number of thioether (sulfide) groups is 1. The number of nitrogens with two attached hydrogens (primary N) is 1. The van der Waals surface area contributed by atoms with Crippen molar-refractivity contribution in [2.75, 3.05) is 44.6 Å². The number of rotatable bonds is 12. The maximum atomic E-state index is 13.0. The van der Waals surface area contributed by atoms with Gasteiger partial charge >= 0.3 is 0 Å². The zero-order valence-electron chi connectivity index (χ0n) is 22.6. The first kappa shape index (κ1) is 28.8. The Morgan fingerprint density at radius 1 is 1.19 bits per heavy atom. The van der Waals surface area contributed by atoms with Gasteiger partial charge in [-0.3, -0.25) is 14.4 Å². The zero-order valence-corrected chi connectivity index (χ0v) is 23.4. The van der Waals surface area contributed by atoms with Gasteiger partial charge in [-0.15, -0.1) is 0 Å². The fourth-order valence-corrected chi connectivity index (χ4v) is 5.54. The van der Waals surface area contributed by atoms with Crippen LogP contribution in [-0.2, 0) is 9.59 Å². The topological polar surface area (TPSA) is 120 Å². The Morgan fingerprint density at radius 3 is 2.59 bits per heavy atom. The second kappa shape index (κ2) is 13.2. The lowest BCUT2D eigenvalue weighted by molar-refractivity contribution is -0.127. The van der Waals surface area contributed by atoms with Crippen LogP contribution in [0.15, 0.2) is 35.0 Å². The van der Waals surface area contributed by atoms with Crippen molar-refractivity contribution in [3.8, 4) is 0 Å². The number of carbonyl (C=O) groups is 3. The van der Waals surface area contributed by atoms with Gasteiger partial charge in [0.25, 0.3) is 11.8 Å². The lowest BCUT2D eigenvalue weighted by Gasteiger charge is -2.25. The molecule has 1 aromatic rings. The van der Waals surface area contributed by atoms with Crippen molar-refractivity contribution < 1.29 is 14.4 Å². The molecule has 10 heteroatoms. The van der Waals surface area contributed by atoms with E-state index in [9.17, 15) is 14.4 Å². The molecule has 0 radical (unpaired) electrons. The first-order valence-electron chi connectivity index (χ1n) is 13.3. The fraction of sp³-hybridized carbons (Fsp3) is 0.593. The molecule has 0 aromatic heterocycles. The lowest BCUT2D eigenvalue weighted by Crippen LogP contribution is -2.45. The standard InChI is InChI=1S/C27H42N6O3S/c1-5-27(3,4)31-24(35)22(28)26-33(6-2)25(36)21(37-26)18-30-20-12-9-11-19(17-20)23(34)29-13-10-16-32-14-7-8-15-32/h9,11-12,17,21,30H,5-8,10,13-16,18,28H2,1-4H3,(H,29,34)(H,31,35)/b26-22+/t21-/m1/s1. The van der Waals surface area contributed by atoms with Crippen LogP contribution < -0.4 is 21.7 Å². The van der Waals surface area contributed by atoms with Gasteiger partial charge in [0.05, 0.1) is 0 Å². The molecule has 3 rings (SSSR count). The summed E-state index contributed by atoms with van der Waals surface area (Å²) in [7, 11) is 0. The molecule has 2 aliphatic rings.